The van der Waals surface area contributed by atoms with Crippen LogP contribution < -0.4 is 10.6 Å². The molecule has 0 fully saturated rings. The molecule has 0 aliphatic heterocycles. The molecule has 0 saturated heterocycles. The zero-order valence-corrected chi connectivity index (χ0v) is 12.3. The minimum absolute atomic E-state index is 0.392. The van der Waals surface area contributed by atoms with Gasteiger partial charge in [0.25, 0.3) is 0 Å². The van der Waals surface area contributed by atoms with Gasteiger partial charge in [-0.1, -0.05) is 24.4 Å². The SMILES string of the molecule is CCN(CC(C)(C)O)c1c(C)cccc1C(N)=S. The molecule has 3 nitrogen and oxygen atoms in total. The van der Waals surface area contributed by atoms with Crippen molar-refractivity contribution in [3.05, 3.63) is 29.3 Å². The minimum Gasteiger partial charge on any atom is -0.389 e. The second kappa shape index (κ2) is 5.67. The summed E-state index contributed by atoms with van der Waals surface area (Å²) >= 11 is 5.11. The van der Waals surface area contributed by atoms with Gasteiger partial charge in [-0.3, -0.25) is 0 Å². The van der Waals surface area contributed by atoms with Gasteiger partial charge in [-0.25, -0.2) is 0 Å². The van der Waals surface area contributed by atoms with Crippen LogP contribution in [0.25, 0.3) is 0 Å². The van der Waals surface area contributed by atoms with Crippen LogP contribution in [-0.4, -0.2) is 28.8 Å². The van der Waals surface area contributed by atoms with Crippen LogP contribution in [0.15, 0.2) is 18.2 Å². The molecule has 0 radical (unpaired) electrons. The van der Waals surface area contributed by atoms with E-state index < -0.39 is 5.60 Å². The Hall–Kier alpha value is -1.13. The van der Waals surface area contributed by atoms with Gasteiger partial charge in [-0.15, -0.1) is 0 Å². The van der Waals surface area contributed by atoms with Crippen LogP contribution in [-0.2, 0) is 0 Å². The lowest BCUT2D eigenvalue weighted by Crippen LogP contribution is -2.39. The van der Waals surface area contributed by atoms with Crippen LogP contribution in [0.2, 0.25) is 0 Å². The van der Waals surface area contributed by atoms with E-state index in [4.69, 9.17) is 18.0 Å². The van der Waals surface area contributed by atoms with E-state index in [1.165, 1.54) is 0 Å². The molecule has 0 bridgehead atoms. The monoisotopic (exact) mass is 266 g/mol. The van der Waals surface area contributed by atoms with Crippen molar-refractivity contribution in [3.63, 3.8) is 0 Å². The normalized spacial score (nSPS) is 11.4. The van der Waals surface area contributed by atoms with Crippen LogP contribution in [0.5, 0.6) is 0 Å². The Morgan fingerprint density at radius 1 is 1.44 bits per heavy atom. The predicted molar refractivity (Wildman–Crippen MR) is 81.3 cm³/mol. The number of likely N-dealkylation sites (N-methyl/N-ethyl adjacent to an activating group) is 1. The molecule has 0 aliphatic rings. The summed E-state index contributed by atoms with van der Waals surface area (Å²) in [5.74, 6) is 0. The highest BCUT2D eigenvalue weighted by Gasteiger charge is 2.21. The number of nitrogens with zero attached hydrogens (tertiary/aromatic N) is 1. The Morgan fingerprint density at radius 2 is 2.06 bits per heavy atom. The molecule has 1 aromatic carbocycles. The smallest absolute Gasteiger partial charge is 0.106 e. The first-order chi connectivity index (χ1) is 8.26. The number of hydrogen-bond donors (Lipinski definition) is 2. The summed E-state index contributed by atoms with van der Waals surface area (Å²) in [5.41, 5.74) is 8.04. The first-order valence-electron chi connectivity index (χ1n) is 6.13. The van der Waals surface area contributed by atoms with Gasteiger partial charge in [0.15, 0.2) is 0 Å². The average molecular weight is 266 g/mol. The second-order valence-corrected chi connectivity index (χ2v) is 5.60. The zero-order chi connectivity index (χ0) is 13.9. The van der Waals surface area contributed by atoms with Crippen molar-refractivity contribution in [2.45, 2.75) is 33.3 Å². The summed E-state index contributed by atoms with van der Waals surface area (Å²) in [6.07, 6.45) is 0. The topological polar surface area (TPSA) is 49.5 Å². The Labute approximate surface area is 115 Å². The summed E-state index contributed by atoms with van der Waals surface area (Å²) in [6, 6.07) is 5.91. The summed E-state index contributed by atoms with van der Waals surface area (Å²) < 4.78 is 0. The number of benzene rings is 1. The zero-order valence-electron chi connectivity index (χ0n) is 11.5. The molecule has 0 amide bonds. The van der Waals surface area contributed by atoms with Gasteiger partial charge in [0.2, 0.25) is 0 Å². The van der Waals surface area contributed by atoms with Gasteiger partial charge in [0, 0.05) is 24.3 Å². The van der Waals surface area contributed by atoms with Crippen LogP contribution in [0.1, 0.15) is 31.9 Å². The van der Waals surface area contributed by atoms with E-state index >= 15 is 0 Å². The van der Waals surface area contributed by atoms with Crippen molar-refractivity contribution in [1.29, 1.82) is 0 Å². The van der Waals surface area contributed by atoms with Crippen LogP contribution >= 0.6 is 12.2 Å². The molecule has 1 rings (SSSR count). The maximum atomic E-state index is 10.00. The molecule has 0 unspecified atom stereocenters. The van der Waals surface area contributed by atoms with E-state index in [1.54, 1.807) is 13.8 Å². The number of aliphatic hydroxyl groups is 1. The van der Waals surface area contributed by atoms with Gasteiger partial charge in [0.05, 0.1) is 5.60 Å². The number of nitrogens with two attached hydrogens (primary N) is 1. The summed E-state index contributed by atoms with van der Waals surface area (Å²) in [7, 11) is 0. The molecule has 1 aromatic rings. The van der Waals surface area contributed by atoms with E-state index in [0.29, 0.717) is 11.5 Å². The van der Waals surface area contributed by atoms with E-state index in [0.717, 1.165) is 23.4 Å². The van der Waals surface area contributed by atoms with E-state index in [-0.39, 0.29) is 0 Å². The molecule has 0 atom stereocenters. The quantitative estimate of drug-likeness (QED) is 0.802. The van der Waals surface area contributed by atoms with Crippen molar-refractivity contribution < 1.29 is 5.11 Å². The highest BCUT2D eigenvalue weighted by Crippen LogP contribution is 2.26. The molecule has 0 aliphatic carbocycles. The second-order valence-electron chi connectivity index (χ2n) is 5.16. The maximum absolute atomic E-state index is 10.00. The van der Waals surface area contributed by atoms with E-state index in [2.05, 4.69) is 11.8 Å². The lowest BCUT2D eigenvalue weighted by molar-refractivity contribution is 0.0875. The Morgan fingerprint density at radius 3 is 2.50 bits per heavy atom. The van der Waals surface area contributed by atoms with Gasteiger partial charge >= 0.3 is 0 Å². The molecule has 4 heteroatoms. The largest absolute Gasteiger partial charge is 0.389 e. The van der Waals surface area contributed by atoms with Crippen molar-refractivity contribution in [1.82, 2.24) is 0 Å². The third-order valence-electron chi connectivity index (χ3n) is 2.78. The number of rotatable bonds is 5. The highest BCUT2D eigenvalue weighted by atomic mass is 32.1. The predicted octanol–water partition coefficient (Wildman–Crippen LogP) is 2.23. The fourth-order valence-corrected chi connectivity index (χ4v) is 2.26. The lowest BCUT2D eigenvalue weighted by Gasteiger charge is -2.32. The Kier molecular flexibility index (Phi) is 4.71. The summed E-state index contributed by atoms with van der Waals surface area (Å²) in [6.45, 7) is 9.03. The van der Waals surface area contributed by atoms with E-state index in [1.807, 2.05) is 25.1 Å². The molecular weight excluding hydrogens is 244 g/mol. The lowest BCUT2D eigenvalue weighted by atomic mass is 10.0. The Balaban J connectivity index is 3.24. The van der Waals surface area contributed by atoms with Crippen molar-refractivity contribution in [2.75, 3.05) is 18.0 Å². The minimum atomic E-state index is -0.758. The van der Waals surface area contributed by atoms with Crippen LogP contribution in [0.3, 0.4) is 0 Å². The first kappa shape index (κ1) is 14.9. The van der Waals surface area contributed by atoms with Crippen molar-refractivity contribution >= 4 is 22.9 Å². The average Bonchev–Trinajstić information content (AvgIpc) is 2.24. The molecule has 0 saturated carbocycles. The van der Waals surface area contributed by atoms with Crippen LogP contribution in [0, 0.1) is 6.92 Å². The third kappa shape index (κ3) is 3.68. The van der Waals surface area contributed by atoms with Crippen molar-refractivity contribution in [3.8, 4) is 0 Å². The molecule has 3 N–H and O–H groups in total. The first-order valence-corrected chi connectivity index (χ1v) is 6.54. The Bertz CT molecular complexity index is 438. The van der Waals surface area contributed by atoms with Gasteiger partial charge < -0.3 is 15.7 Å². The van der Waals surface area contributed by atoms with Crippen molar-refractivity contribution in [2.24, 2.45) is 5.73 Å². The fraction of sp³-hybridized carbons (Fsp3) is 0.500. The maximum Gasteiger partial charge on any atom is 0.106 e. The molecule has 0 heterocycles. The molecule has 18 heavy (non-hydrogen) atoms. The molecule has 0 spiro atoms. The standard InChI is InChI=1S/C14H22N2OS/c1-5-16(9-14(3,4)17)12-10(2)7-6-8-11(12)13(15)18/h6-8,17H,5,9H2,1-4H3,(H2,15,18). The highest BCUT2D eigenvalue weighted by molar-refractivity contribution is 7.80. The van der Waals surface area contributed by atoms with Crippen LogP contribution in [0.4, 0.5) is 5.69 Å². The molecular formula is C14H22N2OS. The third-order valence-corrected chi connectivity index (χ3v) is 3.00. The van der Waals surface area contributed by atoms with Gasteiger partial charge in [-0.05, 0) is 39.3 Å². The number of hydrogen-bond acceptors (Lipinski definition) is 3. The van der Waals surface area contributed by atoms with Gasteiger partial charge in [0.1, 0.15) is 4.99 Å². The number of thiocarbonyl (C=S) groups is 1. The van der Waals surface area contributed by atoms with E-state index in [9.17, 15) is 5.11 Å². The number of para-hydroxylation sites is 1. The fourth-order valence-electron chi connectivity index (χ4n) is 2.09. The summed E-state index contributed by atoms with van der Waals surface area (Å²) in [5, 5.41) is 10.00. The number of aryl methyl sites for hydroxylation is 1. The summed E-state index contributed by atoms with van der Waals surface area (Å²) in [4.78, 5) is 2.51. The number of anilines is 1. The van der Waals surface area contributed by atoms with Gasteiger partial charge in [-0.2, -0.15) is 0 Å². The molecule has 0 aromatic heterocycles. The molecule has 100 valence electrons.